The zero-order chi connectivity index (χ0) is 10.8. The summed E-state index contributed by atoms with van der Waals surface area (Å²) < 4.78 is 0. The highest BCUT2D eigenvalue weighted by atomic mass is 16.1. The van der Waals surface area contributed by atoms with E-state index in [-0.39, 0.29) is 5.91 Å². The highest BCUT2D eigenvalue weighted by Gasteiger charge is 1.94. The molecule has 0 saturated carbocycles. The lowest BCUT2D eigenvalue weighted by Crippen LogP contribution is -2.36. The van der Waals surface area contributed by atoms with Crippen molar-refractivity contribution < 1.29 is 4.79 Å². The number of nitrogens with zero attached hydrogens (tertiary/aromatic N) is 1. The third kappa shape index (κ3) is 6.05. The lowest BCUT2D eigenvalue weighted by molar-refractivity contribution is -0.116. The summed E-state index contributed by atoms with van der Waals surface area (Å²) in [6, 6.07) is 0. The van der Waals surface area contributed by atoms with Crippen LogP contribution >= 0.6 is 0 Å². The average Bonchev–Trinajstić information content (AvgIpc) is 2.23. The van der Waals surface area contributed by atoms with Crippen LogP contribution in [-0.2, 0) is 4.79 Å². The standard InChI is InChI=1S/C9H18N4O/c1-4-8(14)12-6-5-7-13-9(10-2)11-3/h4H,1,5-7H2,2-3H3,(H,12,14)(H2,10,11,13). The van der Waals surface area contributed by atoms with Crippen LogP contribution < -0.4 is 16.0 Å². The minimum atomic E-state index is -0.136. The first-order chi connectivity index (χ1) is 6.74. The number of guanidine groups is 1. The monoisotopic (exact) mass is 198 g/mol. The van der Waals surface area contributed by atoms with Crippen LogP contribution in [-0.4, -0.2) is 39.1 Å². The lowest BCUT2D eigenvalue weighted by Gasteiger charge is -2.08. The van der Waals surface area contributed by atoms with E-state index in [9.17, 15) is 4.79 Å². The molecule has 0 aliphatic heterocycles. The van der Waals surface area contributed by atoms with E-state index in [2.05, 4.69) is 27.5 Å². The van der Waals surface area contributed by atoms with Gasteiger partial charge >= 0.3 is 0 Å². The van der Waals surface area contributed by atoms with Gasteiger partial charge in [0.2, 0.25) is 5.91 Å². The fourth-order valence-corrected chi connectivity index (χ4v) is 0.858. The minimum Gasteiger partial charge on any atom is -0.359 e. The maximum Gasteiger partial charge on any atom is 0.243 e. The van der Waals surface area contributed by atoms with Gasteiger partial charge in [0, 0.05) is 27.2 Å². The maximum atomic E-state index is 10.7. The van der Waals surface area contributed by atoms with E-state index in [1.165, 1.54) is 6.08 Å². The van der Waals surface area contributed by atoms with Gasteiger partial charge in [0.25, 0.3) is 0 Å². The Morgan fingerprint density at radius 3 is 2.57 bits per heavy atom. The van der Waals surface area contributed by atoms with Crippen LogP contribution in [0.5, 0.6) is 0 Å². The quantitative estimate of drug-likeness (QED) is 0.241. The summed E-state index contributed by atoms with van der Waals surface area (Å²) in [6.07, 6.45) is 2.11. The van der Waals surface area contributed by atoms with Gasteiger partial charge in [0.05, 0.1) is 0 Å². The molecule has 0 fully saturated rings. The first kappa shape index (κ1) is 12.5. The van der Waals surface area contributed by atoms with E-state index in [0.717, 1.165) is 18.9 Å². The Hall–Kier alpha value is -1.52. The predicted molar refractivity (Wildman–Crippen MR) is 58.2 cm³/mol. The summed E-state index contributed by atoms with van der Waals surface area (Å²) in [7, 11) is 3.51. The lowest BCUT2D eigenvalue weighted by atomic mass is 10.4. The number of hydrogen-bond donors (Lipinski definition) is 3. The minimum absolute atomic E-state index is 0.136. The van der Waals surface area contributed by atoms with Crippen LogP contribution in [0.1, 0.15) is 6.42 Å². The van der Waals surface area contributed by atoms with Crippen molar-refractivity contribution in [1.82, 2.24) is 16.0 Å². The van der Waals surface area contributed by atoms with Crippen LogP contribution in [0.2, 0.25) is 0 Å². The third-order valence-corrected chi connectivity index (χ3v) is 1.59. The van der Waals surface area contributed by atoms with Crippen molar-refractivity contribution in [2.24, 2.45) is 4.99 Å². The van der Waals surface area contributed by atoms with Crippen LogP contribution in [0.4, 0.5) is 0 Å². The van der Waals surface area contributed by atoms with Crippen LogP contribution in [0.25, 0.3) is 0 Å². The van der Waals surface area contributed by atoms with Crippen LogP contribution in [0, 0.1) is 0 Å². The van der Waals surface area contributed by atoms with Crippen molar-refractivity contribution in [3.63, 3.8) is 0 Å². The second-order valence-electron chi connectivity index (χ2n) is 2.60. The molecule has 80 valence electrons. The second-order valence-corrected chi connectivity index (χ2v) is 2.60. The van der Waals surface area contributed by atoms with Gasteiger partial charge in [-0.15, -0.1) is 0 Å². The molecule has 5 heteroatoms. The zero-order valence-corrected chi connectivity index (χ0v) is 8.76. The highest BCUT2D eigenvalue weighted by Crippen LogP contribution is 1.75. The van der Waals surface area contributed by atoms with E-state index in [4.69, 9.17) is 0 Å². The van der Waals surface area contributed by atoms with Crippen LogP contribution in [0.3, 0.4) is 0 Å². The molecule has 0 bridgehead atoms. The molecule has 0 heterocycles. The molecule has 0 saturated heterocycles. The topological polar surface area (TPSA) is 65.5 Å². The summed E-state index contributed by atoms with van der Waals surface area (Å²) in [4.78, 5) is 14.7. The van der Waals surface area contributed by atoms with Crippen molar-refractivity contribution in [1.29, 1.82) is 0 Å². The summed E-state index contributed by atoms with van der Waals surface area (Å²) >= 11 is 0. The molecule has 14 heavy (non-hydrogen) atoms. The number of hydrogen-bond acceptors (Lipinski definition) is 2. The van der Waals surface area contributed by atoms with Gasteiger partial charge in [0.1, 0.15) is 0 Å². The Morgan fingerprint density at radius 2 is 2.07 bits per heavy atom. The van der Waals surface area contributed by atoms with E-state index < -0.39 is 0 Å². The molecule has 0 aromatic rings. The van der Waals surface area contributed by atoms with Crippen LogP contribution in [0.15, 0.2) is 17.6 Å². The van der Waals surface area contributed by atoms with Gasteiger partial charge in [-0.3, -0.25) is 9.79 Å². The molecule has 0 aromatic carbocycles. The molecule has 0 radical (unpaired) electrons. The summed E-state index contributed by atoms with van der Waals surface area (Å²) in [5, 5.41) is 8.66. The maximum absolute atomic E-state index is 10.7. The molecule has 0 aliphatic carbocycles. The van der Waals surface area contributed by atoms with E-state index in [0.29, 0.717) is 6.54 Å². The van der Waals surface area contributed by atoms with Gasteiger partial charge < -0.3 is 16.0 Å². The molecule has 0 aromatic heterocycles. The molecular weight excluding hydrogens is 180 g/mol. The Balaban J connectivity index is 3.38. The Bertz CT molecular complexity index is 213. The largest absolute Gasteiger partial charge is 0.359 e. The van der Waals surface area contributed by atoms with Gasteiger partial charge in [-0.05, 0) is 12.5 Å². The average molecular weight is 198 g/mol. The Labute approximate surface area is 84.7 Å². The molecule has 3 N–H and O–H groups in total. The normalized spacial score (nSPS) is 10.6. The molecule has 5 nitrogen and oxygen atoms in total. The van der Waals surface area contributed by atoms with Gasteiger partial charge in [0.15, 0.2) is 5.96 Å². The summed E-state index contributed by atoms with van der Waals surface area (Å²) in [5.41, 5.74) is 0. The zero-order valence-electron chi connectivity index (χ0n) is 8.76. The molecule has 0 atom stereocenters. The fraction of sp³-hybridized carbons (Fsp3) is 0.556. The van der Waals surface area contributed by atoms with Crippen molar-refractivity contribution in [3.05, 3.63) is 12.7 Å². The fourth-order valence-electron chi connectivity index (χ4n) is 0.858. The highest BCUT2D eigenvalue weighted by molar-refractivity contribution is 5.86. The van der Waals surface area contributed by atoms with Crippen molar-refractivity contribution in [3.8, 4) is 0 Å². The summed E-state index contributed by atoms with van der Waals surface area (Å²) in [6.45, 7) is 4.76. The second kappa shape index (κ2) is 8.10. The molecule has 0 spiro atoms. The molecular formula is C9H18N4O. The molecule has 0 aliphatic rings. The Kier molecular flexibility index (Phi) is 7.22. The smallest absolute Gasteiger partial charge is 0.243 e. The number of aliphatic imine (C=N–C) groups is 1. The van der Waals surface area contributed by atoms with Crippen molar-refractivity contribution >= 4 is 11.9 Å². The number of amides is 1. The van der Waals surface area contributed by atoms with E-state index in [1.807, 2.05) is 0 Å². The first-order valence-electron chi connectivity index (χ1n) is 4.53. The van der Waals surface area contributed by atoms with E-state index in [1.54, 1.807) is 14.1 Å². The molecule has 0 rings (SSSR count). The number of nitrogens with one attached hydrogen (secondary N) is 3. The van der Waals surface area contributed by atoms with Gasteiger partial charge in [-0.25, -0.2) is 0 Å². The number of carbonyl (C=O) groups is 1. The Morgan fingerprint density at radius 1 is 1.43 bits per heavy atom. The SMILES string of the molecule is C=CC(=O)NCCCNC(=NC)NC. The third-order valence-electron chi connectivity index (χ3n) is 1.59. The number of carbonyl (C=O) groups excluding carboxylic acids is 1. The van der Waals surface area contributed by atoms with E-state index >= 15 is 0 Å². The predicted octanol–water partition coefficient (Wildman–Crippen LogP) is -0.526. The van der Waals surface area contributed by atoms with Crippen molar-refractivity contribution in [2.75, 3.05) is 27.2 Å². The first-order valence-corrected chi connectivity index (χ1v) is 4.53. The number of rotatable bonds is 5. The van der Waals surface area contributed by atoms with Gasteiger partial charge in [-0.2, -0.15) is 0 Å². The van der Waals surface area contributed by atoms with Crippen molar-refractivity contribution in [2.45, 2.75) is 6.42 Å². The summed E-state index contributed by atoms with van der Waals surface area (Å²) in [5.74, 6) is 0.614. The molecule has 1 amide bonds. The van der Waals surface area contributed by atoms with Gasteiger partial charge in [-0.1, -0.05) is 6.58 Å². The molecule has 0 unspecified atom stereocenters.